The Morgan fingerprint density at radius 1 is 1.40 bits per heavy atom. The molecule has 2 heterocycles. The quantitative estimate of drug-likeness (QED) is 0.854. The minimum absolute atomic E-state index is 0.237. The molecule has 1 saturated carbocycles. The highest BCUT2D eigenvalue weighted by Gasteiger charge is 2.49. The number of nitrogens with zero attached hydrogens (tertiary/aromatic N) is 1. The number of ether oxygens (including phenoxy) is 2. The Kier molecular flexibility index (Phi) is 4.02. The van der Waals surface area contributed by atoms with Crippen LogP contribution in [0.15, 0.2) is 0 Å². The third kappa shape index (κ3) is 2.59. The Hall–Kier alpha value is -0.650. The van der Waals surface area contributed by atoms with Gasteiger partial charge in [0.1, 0.15) is 0 Å². The Morgan fingerprint density at radius 2 is 2.15 bits per heavy atom. The molecule has 2 saturated heterocycles. The fourth-order valence-corrected chi connectivity index (χ4v) is 4.30. The molecule has 5 nitrogen and oxygen atoms in total. The number of aliphatic carboxylic acids is 1. The summed E-state index contributed by atoms with van der Waals surface area (Å²) in [6.45, 7) is 5.22. The Bertz CT molecular complexity index is 367. The van der Waals surface area contributed by atoms with E-state index in [1.54, 1.807) is 0 Å². The molecule has 1 N–H and O–H groups in total. The van der Waals surface area contributed by atoms with Crippen molar-refractivity contribution in [1.82, 2.24) is 4.90 Å². The fraction of sp³-hybridized carbons (Fsp3) is 0.933. The number of carbonyl (C=O) groups is 1. The van der Waals surface area contributed by atoms with Crippen molar-refractivity contribution in [2.75, 3.05) is 26.3 Å². The minimum atomic E-state index is -0.655. The Balaban J connectivity index is 1.74. The molecular weight excluding hydrogens is 258 g/mol. The lowest BCUT2D eigenvalue weighted by Gasteiger charge is -2.50. The van der Waals surface area contributed by atoms with E-state index in [0.29, 0.717) is 31.7 Å². The van der Waals surface area contributed by atoms with Crippen LogP contribution in [0.2, 0.25) is 0 Å². The summed E-state index contributed by atoms with van der Waals surface area (Å²) in [4.78, 5) is 13.8. The normalized spacial score (nSPS) is 37.0. The van der Waals surface area contributed by atoms with Gasteiger partial charge in [0.15, 0.2) is 5.79 Å². The van der Waals surface area contributed by atoms with Gasteiger partial charge in [0, 0.05) is 25.4 Å². The lowest BCUT2D eigenvalue weighted by molar-refractivity contribution is -0.204. The third-order valence-electron chi connectivity index (χ3n) is 5.12. The van der Waals surface area contributed by atoms with Crippen LogP contribution in [0.25, 0.3) is 0 Å². The summed E-state index contributed by atoms with van der Waals surface area (Å²) in [6.07, 6.45) is 4.73. The average Bonchev–Trinajstić information content (AvgIpc) is 2.86. The number of carboxylic acids is 1. The van der Waals surface area contributed by atoms with Crippen molar-refractivity contribution in [2.45, 2.75) is 50.9 Å². The topological polar surface area (TPSA) is 59.0 Å². The molecule has 20 heavy (non-hydrogen) atoms. The van der Waals surface area contributed by atoms with Crippen LogP contribution in [-0.2, 0) is 14.3 Å². The van der Waals surface area contributed by atoms with Gasteiger partial charge in [-0.25, -0.2) is 0 Å². The van der Waals surface area contributed by atoms with E-state index >= 15 is 0 Å². The monoisotopic (exact) mass is 283 g/mol. The molecule has 1 aliphatic carbocycles. The Morgan fingerprint density at radius 3 is 2.80 bits per heavy atom. The van der Waals surface area contributed by atoms with Gasteiger partial charge in [0.25, 0.3) is 0 Å². The van der Waals surface area contributed by atoms with Crippen LogP contribution in [0, 0.1) is 11.8 Å². The van der Waals surface area contributed by atoms with Gasteiger partial charge in [-0.05, 0) is 31.7 Å². The predicted molar refractivity (Wildman–Crippen MR) is 73.4 cm³/mol. The van der Waals surface area contributed by atoms with E-state index in [-0.39, 0.29) is 5.92 Å². The van der Waals surface area contributed by atoms with Crippen molar-refractivity contribution < 1.29 is 19.4 Å². The van der Waals surface area contributed by atoms with Gasteiger partial charge in [-0.3, -0.25) is 9.69 Å². The molecule has 0 bridgehead atoms. The molecular formula is C15H25NO4. The number of fused-ring (bicyclic) bond motifs is 1. The molecule has 0 amide bonds. The second kappa shape index (κ2) is 5.62. The molecule has 0 radical (unpaired) electrons. The van der Waals surface area contributed by atoms with Crippen molar-refractivity contribution in [3.8, 4) is 0 Å². The highest BCUT2D eigenvalue weighted by molar-refractivity contribution is 5.70. The third-order valence-corrected chi connectivity index (χ3v) is 5.12. The zero-order valence-corrected chi connectivity index (χ0v) is 12.2. The number of carboxylic acid groups (broad SMARTS) is 1. The zero-order valence-electron chi connectivity index (χ0n) is 12.2. The van der Waals surface area contributed by atoms with Crippen LogP contribution in [0.5, 0.6) is 0 Å². The van der Waals surface area contributed by atoms with Crippen molar-refractivity contribution in [3.63, 3.8) is 0 Å². The fourth-order valence-electron chi connectivity index (χ4n) is 4.30. The van der Waals surface area contributed by atoms with Crippen LogP contribution in [0.4, 0.5) is 0 Å². The summed E-state index contributed by atoms with van der Waals surface area (Å²) in [6, 6.07) is 0.518. The molecule has 5 heteroatoms. The standard InChI is InChI=1S/C15H25NO4/c1-2-5-16-10-12(14(17)18)8-11-9-15(4-3-13(11)16)19-6-7-20-15/h11-13H,2-10H2,1H3,(H,17,18). The summed E-state index contributed by atoms with van der Waals surface area (Å²) in [5.74, 6) is -0.903. The first-order chi connectivity index (χ1) is 9.63. The summed E-state index contributed by atoms with van der Waals surface area (Å²) < 4.78 is 11.7. The van der Waals surface area contributed by atoms with Crippen molar-refractivity contribution in [1.29, 1.82) is 0 Å². The van der Waals surface area contributed by atoms with Gasteiger partial charge in [-0.2, -0.15) is 0 Å². The first-order valence-electron chi connectivity index (χ1n) is 7.88. The maximum atomic E-state index is 11.4. The van der Waals surface area contributed by atoms with Crippen molar-refractivity contribution >= 4 is 5.97 Å². The van der Waals surface area contributed by atoms with Crippen LogP contribution < -0.4 is 0 Å². The van der Waals surface area contributed by atoms with Crippen molar-refractivity contribution in [3.05, 3.63) is 0 Å². The van der Waals surface area contributed by atoms with E-state index in [4.69, 9.17) is 9.47 Å². The number of piperidine rings is 1. The zero-order chi connectivity index (χ0) is 14.2. The molecule has 0 aromatic rings. The minimum Gasteiger partial charge on any atom is -0.481 e. The highest BCUT2D eigenvalue weighted by atomic mass is 16.7. The van der Waals surface area contributed by atoms with Gasteiger partial charge in [-0.15, -0.1) is 0 Å². The second-order valence-corrected chi connectivity index (χ2v) is 6.44. The molecule has 3 fully saturated rings. The van der Waals surface area contributed by atoms with Gasteiger partial charge in [0.05, 0.1) is 19.1 Å². The van der Waals surface area contributed by atoms with E-state index < -0.39 is 11.8 Å². The highest BCUT2D eigenvalue weighted by Crippen LogP contribution is 2.45. The lowest BCUT2D eigenvalue weighted by atomic mass is 9.72. The van der Waals surface area contributed by atoms with E-state index in [2.05, 4.69) is 11.8 Å². The molecule has 3 atom stereocenters. The summed E-state index contributed by atoms with van der Waals surface area (Å²) in [7, 11) is 0. The lowest BCUT2D eigenvalue weighted by Crippen LogP contribution is -2.56. The number of likely N-dealkylation sites (tertiary alicyclic amines) is 1. The first-order valence-corrected chi connectivity index (χ1v) is 7.88. The Labute approximate surface area is 120 Å². The predicted octanol–water partition coefficient (Wildman–Crippen LogP) is 1.71. The van der Waals surface area contributed by atoms with Crippen LogP contribution in [0.1, 0.15) is 39.0 Å². The van der Waals surface area contributed by atoms with Gasteiger partial charge >= 0.3 is 5.97 Å². The van der Waals surface area contributed by atoms with Gasteiger partial charge in [0.2, 0.25) is 0 Å². The molecule has 0 aromatic heterocycles. The molecule has 1 spiro atoms. The van der Waals surface area contributed by atoms with Gasteiger partial charge in [-0.1, -0.05) is 6.92 Å². The van der Waals surface area contributed by atoms with Crippen LogP contribution in [0.3, 0.4) is 0 Å². The van der Waals surface area contributed by atoms with Gasteiger partial charge < -0.3 is 14.6 Å². The summed E-state index contributed by atoms with van der Waals surface area (Å²) in [5, 5.41) is 9.38. The number of rotatable bonds is 3. The van der Waals surface area contributed by atoms with E-state index in [1.165, 1.54) is 0 Å². The molecule has 3 aliphatic rings. The summed E-state index contributed by atoms with van der Waals surface area (Å²) in [5.41, 5.74) is 0. The maximum absolute atomic E-state index is 11.4. The first kappa shape index (κ1) is 14.3. The smallest absolute Gasteiger partial charge is 0.307 e. The molecule has 3 unspecified atom stereocenters. The molecule has 114 valence electrons. The van der Waals surface area contributed by atoms with E-state index in [9.17, 15) is 9.90 Å². The molecule has 0 aromatic carbocycles. The maximum Gasteiger partial charge on any atom is 0.307 e. The number of hydrogen-bond acceptors (Lipinski definition) is 4. The van der Waals surface area contributed by atoms with E-state index in [0.717, 1.165) is 38.6 Å². The van der Waals surface area contributed by atoms with Crippen LogP contribution >= 0.6 is 0 Å². The average molecular weight is 283 g/mol. The molecule has 2 aliphatic heterocycles. The SMILES string of the molecule is CCCN1CC(C(=O)O)CC2CC3(CCC21)OCCO3. The number of hydrogen-bond donors (Lipinski definition) is 1. The molecule has 3 rings (SSSR count). The van der Waals surface area contributed by atoms with Crippen molar-refractivity contribution in [2.24, 2.45) is 11.8 Å². The summed E-state index contributed by atoms with van der Waals surface area (Å²) >= 11 is 0. The second-order valence-electron chi connectivity index (χ2n) is 6.44. The van der Waals surface area contributed by atoms with E-state index in [1.807, 2.05) is 0 Å². The van der Waals surface area contributed by atoms with Crippen LogP contribution in [-0.4, -0.2) is 54.1 Å². The largest absolute Gasteiger partial charge is 0.481 e.